The molecular formula is C18H21NO3. The first-order chi connectivity index (χ1) is 10.6. The van der Waals surface area contributed by atoms with Crippen molar-refractivity contribution in [3.63, 3.8) is 0 Å². The molecule has 0 heterocycles. The quantitative estimate of drug-likeness (QED) is 0.833. The number of hydrogen-bond donors (Lipinski definition) is 1. The molecule has 2 unspecified atom stereocenters. The van der Waals surface area contributed by atoms with Gasteiger partial charge in [0.1, 0.15) is 0 Å². The molecule has 0 radical (unpaired) electrons. The van der Waals surface area contributed by atoms with E-state index in [0.29, 0.717) is 0 Å². The molecule has 4 heteroatoms. The molecule has 116 valence electrons. The fourth-order valence-electron chi connectivity index (χ4n) is 2.45. The first kappa shape index (κ1) is 16.0. The molecule has 0 spiro atoms. The van der Waals surface area contributed by atoms with Crippen LogP contribution in [0.5, 0.6) is 0 Å². The van der Waals surface area contributed by atoms with Crippen LogP contribution in [-0.2, 0) is 9.53 Å². The van der Waals surface area contributed by atoms with Crippen LogP contribution in [0.4, 0.5) is 5.69 Å². The van der Waals surface area contributed by atoms with Gasteiger partial charge in [0.2, 0.25) is 0 Å². The Balaban J connectivity index is 2.35. The second-order valence-electron chi connectivity index (χ2n) is 5.00. The fraction of sp³-hybridized carbons (Fsp3) is 0.278. The average Bonchev–Trinajstić information content (AvgIpc) is 2.57. The van der Waals surface area contributed by atoms with Crippen LogP contribution in [0.15, 0.2) is 60.7 Å². The molecular weight excluding hydrogens is 278 g/mol. The van der Waals surface area contributed by atoms with Gasteiger partial charge in [-0.1, -0.05) is 48.5 Å². The molecule has 0 amide bonds. The molecule has 4 nitrogen and oxygen atoms in total. The van der Waals surface area contributed by atoms with Crippen molar-refractivity contribution in [2.75, 3.05) is 18.6 Å². The molecule has 0 fully saturated rings. The zero-order chi connectivity index (χ0) is 15.9. The lowest BCUT2D eigenvalue weighted by Gasteiger charge is -2.33. The largest absolute Gasteiger partial charge is 0.464 e. The smallest absolute Gasteiger partial charge is 0.337 e. The number of aliphatic hydroxyl groups is 1. The normalized spacial score (nSPS) is 13.2. The Labute approximate surface area is 131 Å². The number of para-hydroxylation sites is 1. The highest BCUT2D eigenvalue weighted by Gasteiger charge is 2.32. The number of ether oxygens (including phenoxy) is 1. The topological polar surface area (TPSA) is 49.8 Å². The van der Waals surface area contributed by atoms with Crippen LogP contribution < -0.4 is 4.90 Å². The van der Waals surface area contributed by atoms with E-state index in [1.165, 1.54) is 0 Å². The second-order valence-corrected chi connectivity index (χ2v) is 5.00. The summed E-state index contributed by atoms with van der Waals surface area (Å²) in [5.41, 5.74) is 1.77. The predicted molar refractivity (Wildman–Crippen MR) is 86.7 cm³/mol. The minimum Gasteiger partial charge on any atom is -0.464 e. The van der Waals surface area contributed by atoms with Gasteiger partial charge in [0.05, 0.1) is 12.6 Å². The highest BCUT2D eigenvalue weighted by Crippen LogP contribution is 2.28. The highest BCUT2D eigenvalue weighted by atomic mass is 16.5. The van der Waals surface area contributed by atoms with Crippen LogP contribution >= 0.6 is 0 Å². The van der Waals surface area contributed by atoms with E-state index in [1.54, 1.807) is 6.92 Å². The van der Waals surface area contributed by atoms with Gasteiger partial charge in [-0.2, -0.15) is 0 Å². The molecule has 0 bridgehead atoms. The van der Waals surface area contributed by atoms with Crippen LogP contribution in [0.1, 0.15) is 18.5 Å². The number of aliphatic hydroxyl groups excluding tert-OH is 1. The Kier molecular flexibility index (Phi) is 5.55. The van der Waals surface area contributed by atoms with E-state index in [9.17, 15) is 9.90 Å². The highest BCUT2D eigenvalue weighted by molar-refractivity contribution is 5.76. The third-order valence-electron chi connectivity index (χ3n) is 3.55. The van der Waals surface area contributed by atoms with Crippen molar-refractivity contribution in [3.8, 4) is 0 Å². The summed E-state index contributed by atoms with van der Waals surface area (Å²) < 4.78 is 4.98. The Morgan fingerprint density at radius 3 is 2.18 bits per heavy atom. The lowest BCUT2D eigenvalue weighted by atomic mass is 9.99. The summed E-state index contributed by atoms with van der Waals surface area (Å²) in [4.78, 5) is 13.9. The van der Waals surface area contributed by atoms with Gasteiger partial charge in [0.25, 0.3) is 0 Å². The maximum Gasteiger partial charge on any atom is 0.337 e. The number of benzene rings is 2. The van der Waals surface area contributed by atoms with E-state index >= 15 is 0 Å². The summed E-state index contributed by atoms with van der Waals surface area (Å²) in [6.45, 7) is 1.97. The van der Waals surface area contributed by atoms with Gasteiger partial charge in [0.15, 0.2) is 6.10 Å². The molecule has 1 N–H and O–H groups in total. The molecule has 2 aromatic rings. The van der Waals surface area contributed by atoms with Gasteiger partial charge in [0, 0.05) is 12.7 Å². The lowest BCUT2D eigenvalue weighted by Crippen LogP contribution is -2.39. The van der Waals surface area contributed by atoms with E-state index in [2.05, 4.69) is 0 Å². The lowest BCUT2D eigenvalue weighted by molar-refractivity contribution is -0.154. The summed E-state index contributed by atoms with van der Waals surface area (Å²) in [7, 11) is 1.86. The van der Waals surface area contributed by atoms with Crippen LogP contribution in [0.25, 0.3) is 0 Å². The first-order valence-electron chi connectivity index (χ1n) is 7.32. The van der Waals surface area contributed by atoms with Crippen molar-refractivity contribution in [2.45, 2.75) is 19.1 Å². The minimum absolute atomic E-state index is 0.243. The minimum atomic E-state index is -1.26. The van der Waals surface area contributed by atoms with Crippen LogP contribution in [0.2, 0.25) is 0 Å². The standard InChI is InChI=1S/C18H21NO3/c1-3-22-18(21)17(20)16(14-10-6-4-7-11-14)19(2)15-12-8-5-9-13-15/h4-13,16-17,20H,3H2,1-2H3. The van der Waals surface area contributed by atoms with E-state index in [-0.39, 0.29) is 6.61 Å². The zero-order valence-corrected chi connectivity index (χ0v) is 12.8. The van der Waals surface area contributed by atoms with Gasteiger partial charge in [-0.25, -0.2) is 4.79 Å². The maximum absolute atomic E-state index is 12.0. The molecule has 22 heavy (non-hydrogen) atoms. The number of likely N-dealkylation sites (N-methyl/N-ethyl adjacent to an activating group) is 1. The number of anilines is 1. The molecule has 0 saturated carbocycles. The number of carbonyl (C=O) groups excluding carboxylic acids is 1. The Morgan fingerprint density at radius 2 is 1.64 bits per heavy atom. The summed E-state index contributed by atoms with van der Waals surface area (Å²) in [6.07, 6.45) is -1.26. The fourth-order valence-corrected chi connectivity index (χ4v) is 2.45. The number of nitrogens with zero attached hydrogens (tertiary/aromatic N) is 1. The van der Waals surface area contributed by atoms with Gasteiger partial charge >= 0.3 is 5.97 Å². The van der Waals surface area contributed by atoms with Crippen molar-refractivity contribution in [3.05, 3.63) is 66.2 Å². The van der Waals surface area contributed by atoms with Crippen molar-refractivity contribution in [1.82, 2.24) is 0 Å². The van der Waals surface area contributed by atoms with Gasteiger partial charge in [-0.05, 0) is 24.6 Å². The molecule has 2 rings (SSSR count). The van der Waals surface area contributed by atoms with Gasteiger partial charge < -0.3 is 14.7 Å². The summed E-state index contributed by atoms with van der Waals surface area (Å²) in [5.74, 6) is -0.612. The Bertz CT molecular complexity index is 586. The third-order valence-corrected chi connectivity index (χ3v) is 3.55. The Morgan fingerprint density at radius 1 is 1.09 bits per heavy atom. The molecule has 0 saturated heterocycles. The maximum atomic E-state index is 12.0. The molecule has 0 aliphatic rings. The summed E-state index contributed by atoms with van der Waals surface area (Å²) in [6, 6.07) is 18.6. The average molecular weight is 299 g/mol. The number of rotatable bonds is 6. The third kappa shape index (κ3) is 3.65. The van der Waals surface area contributed by atoms with Crippen molar-refractivity contribution >= 4 is 11.7 Å². The molecule has 2 atom stereocenters. The monoisotopic (exact) mass is 299 g/mol. The first-order valence-corrected chi connectivity index (χ1v) is 7.32. The van der Waals surface area contributed by atoms with Crippen LogP contribution in [0, 0.1) is 0 Å². The van der Waals surface area contributed by atoms with Gasteiger partial charge in [-0.3, -0.25) is 0 Å². The van der Waals surface area contributed by atoms with Gasteiger partial charge in [-0.15, -0.1) is 0 Å². The summed E-state index contributed by atoms with van der Waals surface area (Å²) in [5, 5.41) is 10.5. The van der Waals surface area contributed by atoms with Crippen molar-refractivity contribution in [1.29, 1.82) is 0 Å². The molecule has 2 aromatic carbocycles. The zero-order valence-electron chi connectivity index (χ0n) is 12.8. The SMILES string of the molecule is CCOC(=O)C(O)C(c1ccccc1)N(C)c1ccccc1. The van der Waals surface area contributed by atoms with Crippen molar-refractivity contribution in [2.24, 2.45) is 0 Å². The summed E-state index contributed by atoms with van der Waals surface area (Å²) >= 11 is 0. The Hall–Kier alpha value is -2.33. The van der Waals surface area contributed by atoms with Crippen molar-refractivity contribution < 1.29 is 14.6 Å². The van der Waals surface area contributed by atoms with E-state index in [1.807, 2.05) is 72.6 Å². The number of carbonyl (C=O) groups is 1. The van der Waals surface area contributed by atoms with Crippen LogP contribution in [0.3, 0.4) is 0 Å². The molecule has 0 aliphatic carbocycles. The number of esters is 1. The number of hydrogen-bond acceptors (Lipinski definition) is 4. The van der Waals surface area contributed by atoms with E-state index < -0.39 is 18.1 Å². The predicted octanol–water partition coefficient (Wildman–Crippen LogP) is 2.79. The second kappa shape index (κ2) is 7.61. The molecule has 0 aromatic heterocycles. The van der Waals surface area contributed by atoms with Crippen LogP contribution in [-0.4, -0.2) is 30.8 Å². The van der Waals surface area contributed by atoms with E-state index in [4.69, 9.17) is 4.74 Å². The molecule has 0 aliphatic heterocycles. The van der Waals surface area contributed by atoms with E-state index in [0.717, 1.165) is 11.3 Å².